The van der Waals surface area contributed by atoms with Crippen molar-refractivity contribution in [1.29, 1.82) is 0 Å². The molecule has 0 atom stereocenters. The zero-order chi connectivity index (χ0) is 14.5. The highest BCUT2D eigenvalue weighted by atomic mass is 32.1. The molecule has 0 aliphatic carbocycles. The number of para-hydroxylation sites is 2. The van der Waals surface area contributed by atoms with Gasteiger partial charge in [-0.25, -0.2) is 0 Å². The molecule has 0 heterocycles. The Kier molecular flexibility index (Phi) is 4.42. The molecule has 2 aromatic rings. The van der Waals surface area contributed by atoms with Crippen LogP contribution in [0.25, 0.3) is 0 Å². The largest absolute Gasteiger partial charge is 0.455 e. The molecular weight excluding hydrogens is 270 g/mol. The lowest BCUT2D eigenvalue weighted by atomic mass is 10.2. The maximum absolute atomic E-state index is 5.85. The molecule has 104 valence electrons. The first-order valence-electron chi connectivity index (χ1n) is 6.17. The van der Waals surface area contributed by atoms with E-state index in [-0.39, 0.29) is 5.11 Å². The Labute approximate surface area is 124 Å². The maximum Gasteiger partial charge on any atom is 0.168 e. The number of nitrogens with one attached hydrogen (secondary N) is 1. The minimum absolute atomic E-state index is 0.212. The van der Waals surface area contributed by atoms with Crippen LogP contribution in [0.4, 0.5) is 11.4 Å². The molecule has 0 amide bonds. The van der Waals surface area contributed by atoms with E-state index in [1.165, 1.54) is 0 Å². The minimum atomic E-state index is 0.212. The van der Waals surface area contributed by atoms with E-state index in [1.807, 2.05) is 67.5 Å². The number of ether oxygens (including phenoxy) is 1. The van der Waals surface area contributed by atoms with Gasteiger partial charge in [0.1, 0.15) is 5.75 Å². The van der Waals surface area contributed by atoms with Crippen LogP contribution in [0.15, 0.2) is 48.5 Å². The summed E-state index contributed by atoms with van der Waals surface area (Å²) in [5, 5.41) is 3.11. The van der Waals surface area contributed by atoms with Crippen LogP contribution in [0.1, 0.15) is 0 Å². The molecule has 0 aliphatic rings. The van der Waals surface area contributed by atoms with Crippen molar-refractivity contribution in [2.45, 2.75) is 0 Å². The summed E-state index contributed by atoms with van der Waals surface area (Å²) < 4.78 is 5.85. The van der Waals surface area contributed by atoms with Crippen LogP contribution in [0.2, 0.25) is 0 Å². The van der Waals surface area contributed by atoms with Gasteiger partial charge in [-0.2, -0.15) is 0 Å². The van der Waals surface area contributed by atoms with Crippen molar-refractivity contribution in [3.8, 4) is 11.5 Å². The quantitative estimate of drug-likeness (QED) is 0.846. The second-order valence-electron chi connectivity index (χ2n) is 4.48. The lowest BCUT2D eigenvalue weighted by molar-refractivity contribution is 0.485. The van der Waals surface area contributed by atoms with Crippen molar-refractivity contribution in [2.24, 2.45) is 5.73 Å². The van der Waals surface area contributed by atoms with Crippen LogP contribution < -0.4 is 20.7 Å². The van der Waals surface area contributed by atoms with Crippen LogP contribution in [0.5, 0.6) is 11.5 Å². The highest BCUT2D eigenvalue weighted by molar-refractivity contribution is 7.80. The molecule has 0 spiro atoms. The van der Waals surface area contributed by atoms with Gasteiger partial charge in [-0.05, 0) is 48.6 Å². The summed E-state index contributed by atoms with van der Waals surface area (Å²) in [6.45, 7) is 0. The predicted molar refractivity (Wildman–Crippen MR) is 87.7 cm³/mol. The van der Waals surface area contributed by atoms with Gasteiger partial charge in [0.15, 0.2) is 10.9 Å². The summed E-state index contributed by atoms with van der Waals surface area (Å²) in [7, 11) is 3.99. The highest BCUT2D eigenvalue weighted by Gasteiger charge is 2.05. The molecule has 4 nitrogen and oxygen atoms in total. The SMILES string of the molecule is CN(C)c1ccc(Oc2ccccc2NC(N)=S)cc1. The number of thiocarbonyl (C=S) groups is 1. The molecule has 2 rings (SSSR count). The summed E-state index contributed by atoms with van der Waals surface area (Å²) >= 11 is 4.85. The molecule has 0 aliphatic heterocycles. The summed E-state index contributed by atoms with van der Waals surface area (Å²) in [6, 6.07) is 15.4. The molecule has 5 heteroatoms. The molecule has 0 saturated carbocycles. The van der Waals surface area contributed by atoms with E-state index in [1.54, 1.807) is 0 Å². The molecule has 0 unspecified atom stereocenters. The van der Waals surface area contributed by atoms with Gasteiger partial charge in [0.2, 0.25) is 0 Å². The molecular formula is C15H17N3OS. The van der Waals surface area contributed by atoms with E-state index in [4.69, 9.17) is 22.7 Å². The van der Waals surface area contributed by atoms with Crippen LogP contribution >= 0.6 is 12.2 Å². The monoisotopic (exact) mass is 287 g/mol. The second kappa shape index (κ2) is 6.25. The molecule has 20 heavy (non-hydrogen) atoms. The van der Waals surface area contributed by atoms with E-state index < -0.39 is 0 Å². The van der Waals surface area contributed by atoms with E-state index in [0.717, 1.165) is 17.1 Å². The Bertz CT molecular complexity index is 596. The summed E-state index contributed by atoms with van der Waals surface area (Å²) in [6.07, 6.45) is 0. The van der Waals surface area contributed by atoms with Gasteiger partial charge in [0.25, 0.3) is 0 Å². The Balaban J connectivity index is 2.19. The Morgan fingerprint density at radius 2 is 1.75 bits per heavy atom. The molecule has 0 fully saturated rings. The lowest BCUT2D eigenvalue weighted by Crippen LogP contribution is -2.19. The minimum Gasteiger partial charge on any atom is -0.455 e. The fourth-order valence-electron chi connectivity index (χ4n) is 1.73. The Hall–Kier alpha value is -2.27. The topological polar surface area (TPSA) is 50.5 Å². The van der Waals surface area contributed by atoms with Gasteiger partial charge in [0, 0.05) is 19.8 Å². The molecule has 3 N–H and O–H groups in total. The van der Waals surface area contributed by atoms with E-state index in [9.17, 15) is 0 Å². The van der Waals surface area contributed by atoms with Crippen LogP contribution in [0, 0.1) is 0 Å². The molecule has 0 radical (unpaired) electrons. The summed E-state index contributed by atoms with van der Waals surface area (Å²) in [4.78, 5) is 2.03. The number of hydrogen-bond donors (Lipinski definition) is 2. The average Bonchev–Trinajstić information content (AvgIpc) is 2.41. The van der Waals surface area contributed by atoms with Gasteiger partial charge in [-0.3, -0.25) is 0 Å². The van der Waals surface area contributed by atoms with Crippen molar-refractivity contribution >= 4 is 28.7 Å². The number of rotatable bonds is 4. The number of nitrogens with zero attached hydrogens (tertiary/aromatic N) is 1. The number of benzene rings is 2. The number of anilines is 2. The predicted octanol–water partition coefficient (Wildman–Crippen LogP) is 3.20. The molecule has 0 saturated heterocycles. The van der Waals surface area contributed by atoms with Gasteiger partial charge < -0.3 is 20.7 Å². The van der Waals surface area contributed by atoms with Gasteiger partial charge >= 0.3 is 0 Å². The third kappa shape index (κ3) is 3.61. The summed E-state index contributed by atoms with van der Waals surface area (Å²) in [5.74, 6) is 1.44. The van der Waals surface area contributed by atoms with E-state index >= 15 is 0 Å². The fourth-order valence-corrected chi connectivity index (χ4v) is 1.84. The lowest BCUT2D eigenvalue weighted by Gasteiger charge is -2.14. The third-order valence-corrected chi connectivity index (χ3v) is 2.83. The second-order valence-corrected chi connectivity index (χ2v) is 4.92. The standard InChI is InChI=1S/C15H17N3OS/c1-18(2)11-7-9-12(10-8-11)19-14-6-4-3-5-13(14)17-15(16)20/h3-10H,1-2H3,(H3,16,17,20). The first-order chi connectivity index (χ1) is 9.56. The molecule has 2 aromatic carbocycles. The molecule has 0 aromatic heterocycles. The molecule has 0 bridgehead atoms. The van der Waals surface area contributed by atoms with Crippen LogP contribution in [0.3, 0.4) is 0 Å². The number of hydrogen-bond acceptors (Lipinski definition) is 3. The van der Waals surface area contributed by atoms with E-state index in [2.05, 4.69) is 5.32 Å². The number of nitrogens with two attached hydrogens (primary N) is 1. The third-order valence-electron chi connectivity index (χ3n) is 2.73. The van der Waals surface area contributed by atoms with Crippen LogP contribution in [-0.2, 0) is 0 Å². The van der Waals surface area contributed by atoms with Gasteiger partial charge in [-0.15, -0.1) is 0 Å². The van der Waals surface area contributed by atoms with Crippen LogP contribution in [-0.4, -0.2) is 19.2 Å². The average molecular weight is 287 g/mol. The Morgan fingerprint density at radius 1 is 1.10 bits per heavy atom. The van der Waals surface area contributed by atoms with Crippen molar-refractivity contribution < 1.29 is 4.74 Å². The fraction of sp³-hybridized carbons (Fsp3) is 0.133. The summed E-state index contributed by atoms with van der Waals surface area (Å²) in [5.41, 5.74) is 7.36. The van der Waals surface area contributed by atoms with Crippen molar-refractivity contribution in [1.82, 2.24) is 0 Å². The highest BCUT2D eigenvalue weighted by Crippen LogP contribution is 2.30. The zero-order valence-corrected chi connectivity index (χ0v) is 12.3. The zero-order valence-electron chi connectivity index (χ0n) is 11.5. The van der Waals surface area contributed by atoms with Crippen molar-refractivity contribution in [3.63, 3.8) is 0 Å². The van der Waals surface area contributed by atoms with Crippen molar-refractivity contribution in [2.75, 3.05) is 24.3 Å². The van der Waals surface area contributed by atoms with Gasteiger partial charge in [-0.1, -0.05) is 12.1 Å². The van der Waals surface area contributed by atoms with Crippen molar-refractivity contribution in [3.05, 3.63) is 48.5 Å². The first-order valence-corrected chi connectivity index (χ1v) is 6.58. The maximum atomic E-state index is 5.85. The normalized spacial score (nSPS) is 9.90. The van der Waals surface area contributed by atoms with E-state index in [0.29, 0.717) is 5.75 Å². The van der Waals surface area contributed by atoms with Gasteiger partial charge in [0.05, 0.1) is 5.69 Å². The smallest absolute Gasteiger partial charge is 0.168 e. The first kappa shape index (κ1) is 14.1. The Morgan fingerprint density at radius 3 is 2.35 bits per heavy atom.